The second-order valence-electron chi connectivity index (χ2n) is 4.00. The first-order valence-corrected chi connectivity index (χ1v) is 6.31. The van der Waals surface area contributed by atoms with Crippen LogP contribution in [0, 0.1) is 0 Å². The predicted octanol–water partition coefficient (Wildman–Crippen LogP) is 3.13. The summed E-state index contributed by atoms with van der Waals surface area (Å²) in [5.41, 5.74) is 0. The van der Waals surface area contributed by atoms with Crippen LogP contribution in [0.25, 0.3) is 0 Å². The lowest BCUT2D eigenvalue weighted by atomic mass is 10.3. The monoisotopic (exact) mass is 245 g/mol. The summed E-state index contributed by atoms with van der Waals surface area (Å²) in [4.78, 5) is 6.77. The van der Waals surface area contributed by atoms with Gasteiger partial charge in [-0.25, -0.2) is 4.98 Å². The first kappa shape index (κ1) is 12.5. The fourth-order valence-corrected chi connectivity index (χ4v) is 1.82. The van der Waals surface area contributed by atoms with E-state index in [1.807, 2.05) is 30.3 Å². The highest BCUT2D eigenvalue weighted by molar-refractivity contribution is 5.47. The quantitative estimate of drug-likeness (QED) is 0.849. The lowest BCUT2D eigenvalue weighted by molar-refractivity contribution is 0.503. The Bertz CT molecular complexity index is 468. The molecule has 2 rings (SSSR count). The van der Waals surface area contributed by atoms with Crippen LogP contribution in [0.2, 0.25) is 0 Å². The summed E-state index contributed by atoms with van der Waals surface area (Å²) >= 11 is 0. The fraction of sp³-hybridized carbons (Fsp3) is 0.357. The van der Waals surface area contributed by atoms with E-state index in [0.717, 1.165) is 37.0 Å². The van der Waals surface area contributed by atoms with Gasteiger partial charge in [0.25, 0.3) is 0 Å². The number of rotatable bonds is 6. The molecule has 0 spiro atoms. The molecule has 96 valence electrons. The summed E-state index contributed by atoms with van der Waals surface area (Å²) in [5, 5.41) is 3.22. The van der Waals surface area contributed by atoms with Crippen molar-refractivity contribution in [2.75, 3.05) is 23.3 Å². The maximum Gasteiger partial charge on any atom is 0.131 e. The maximum absolute atomic E-state index is 5.38. The molecule has 0 atom stereocenters. The minimum absolute atomic E-state index is 0.742. The zero-order chi connectivity index (χ0) is 12.8. The molecule has 0 saturated heterocycles. The Balaban J connectivity index is 2.13. The number of furan rings is 1. The van der Waals surface area contributed by atoms with Crippen LogP contribution in [0.3, 0.4) is 0 Å². The Kier molecular flexibility index (Phi) is 4.23. The van der Waals surface area contributed by atoms with Crippen LogP contribution < -0.4 is 10.2 Å². The number of nitrogens with one attached hydrogen (secondary N) is 1. The minimum atomic E-state index is 0.742. The molecule has 0 aliphatic carbocycles. The summed E-state index contributed by atoms with van der Waals surface area (Å²) in [6.45, 7) is 6.69. The molecule has 2 heterocycles. The average molecular weight is 245 g/mol. The van der Waals surface area contributed by atoms with E-state index >= 15 is 0 Å². The molecule has 2 aromatic heterocycles. The zero-order valence-electron chi connectivity index (χ0n) is 10.9. The topological polar surface area (TPSA) is 41.3 Å². The highest BCUT2D eigenvalue weighted by Crippen LogP contribution is 2.17. The number of pyridine rings is 1. The van der Waals surface area contributed by atoms with Crippen molar-refractivity contribution in [1.82, 2.24) is 4.98 Å². The van der Waals surface area contributed by atoms with Gasteiger partial charge < -0.3 is 14.6 Å². The van der Waals surface area contributed by atoms with Gasteiger partial charge in [-0.15, -0.1) is 0 Å². The van der Waals surface area contributed by atoms with Crippen molar-refractivity contribution in [3.05, 3.63) is 42.4 Å². The number of hydrogen-bond donors (Lipinski definition) is 1. The van der Waals surface area contributed by atoms with E-state index in [-0.39, 0.29) is 0 Å². The van der Waals surface area contributed by atoms with E-state index in [1.54, 1.807) is 6.26 Å². The van der Waals surface area contributed by atoms with Crippen LogP contribution in [-0.4, -0.2) is 18.1 Å². The van der Waals surface area contributed by atoms with Crippen molar-refractivity contribution in [3.63, 3.8) is 0 Å². The normalized spacial score (nSPS) is 10.3. The Morgan fingerprint density at radius 1 is 1.22 bits per heavy atom. The van der Waals surface area contributed by atoms with Crippen LogP contribution in [0.4, 0.5) is 11.6 Å². The molecule has 4 heteroatoms. The molecule has 0 fully saturated rings. The van der Waals surface area contributed by atoms with Gasteiger partial charge in [-0.2, -0.15) is 0 Å². The van der Waals surface area contributed by atoms with Crippen molar-refractivity contribution in [2.24, 2.45) is 0 Å². The molecular formula is C14H19N3O. The molecule has 18 heavy (non-hydrogen) atoms. The molecule has 0 saturated carbocycles. The third-order valence-electron chi connectivity index (χ3n) is 2.72. The first-order valence-electron chi connectivity index (χ1n) is 6.31. The largest absolute Gasteiger partial charge is 0.467 e. The predicted molar refractivity (Wildman–Crippen MR) is 73.8 cm³/mol. The van der Waals surface area contributed by atoms with E-state index in [1.165, 1.54) is 0 Å². The highest BCUT2D eigenvalue weighted by Gasteiger charge is 2.08. The second kappa shape index (κ2) is 6.10. The van der Waals surface area contributed by atoms with Crippen molar-refractivity contribution in [3.8, 4) is 0 Å². The van der Waals surface area contributed by atoms with Gasteiger partial charge in [-0.05, 0) is 38.1 Å². The Morgan fingerprint density at radius 3 is 2.78 bits per heavy atom. The number of nitrogens with zero attached hydrogens (tertiary/aromatic N) is 2. The van der Waals surface area contributed by atoms with Gasteiger partial charge in [-0.3, -0.25) is 0 Å². The van der Waals surface area contributed by atoms with Gasteiger partial charge in [0, 0.05) is 13.1 Å². The standard InChI is InChI=1S/C14H19N3O/c1-3-15-13-8-5-9-14(16-13)17(4-2)11-12-7-6-10-18-12/h5-10H,3-4,11H2,1-2H3,(H,15,16). The molecule has 1 N–H and O–H groups in total. The Hall–Kier alpha value is -1.97. The number of hydrogen-bond acceptors (Lipinski definition) is 4. The van der Waals surface area contributed by atoms with E-state index in [9.17, 15) is 0 Å². The van der Waals surface area contributed by atoms with Gasteiger partial charge in [0.15, 0.2) is 0 Å². The minimum Gasteiger partial charge on any atom is -0.467 e. The van der Waals surface area contributed by atoms with Crippen molar-refractivity contribution >= 4 is 11.6 Å². The van der Waals surface area contributed by atoms with Crippen molar-refractivity contribution in [1.29, 1.82) is 0 Å². The summed E-state index contributed by atoms with van der Waals surface area (Å²) < 4.78 is 5.38. The SMILES string of the molecule is CCNc1cccc(N(CC)Cc2ccco2)n1. The molecule has 4 nitrogen and oxygen atoms in total. The van der Waals surface area contributed by atoms with Crippen LogP contribution in [0.1, 0.15) is 19.6 Å². The Labute approximate surface area is 108 Å². The number of aromatic nitrogens is 1. The van der Waals surface area contributed by atoms with E-state index in [2.05, 4.69) is 29.0 Å². The molecule has 0 aliphatic heterocycles. The highest BCUT2D eigenvalue weighted by atomic mass is 16.3. The summed E-state index contributed by atoms with van der Waals surface area (Å²) in [7, 11) is 0. The third kappa shape index (κ3) is 3.03. The lowest BCUT2D eigenvalue weighted by Gasteiger charge is -2.21. The van der Waals surface area contributed by atoms with E-state index < -0.39 is 0 Å². The lowest BCUT2D eigenvalue weighted by Crippen LogP contribution is -2.23. The van der Waals surface area contributed by atoms with Crippen molar-refractivity contribution < 1.29 is 4.42 Å². The molecule has 0 aromatic carbocycles. The van der Waals surface area contributed by atoms with E-state index in [4.69, 9.17) is 4.42 Å². The average Bonchev–Trinajstić information content (AvgIpc) is 2.89. The Morgan fingerprint density at radius 2 is 2.11 bits per heavy atom. The van der Waals surface area contributed by atoms with Gasteiger partial charge in [-0.1, -0.05) is 6.07 Å². The molecule has 0 unspecified atom stereocenters. The van der Waals surface area contributed by atoms with Gasteiger partial charge in [0.2, 0.25) is 0 Å². The number of anilines is 2. The zero-order valence-corrected chi connectivity index (χ0v) is 10.9. The maximum atomic E-state index is 5.38. The van der Waals surface area contributed by atoms with E-state index in [0.29, 0.717) is 0 Å². The third-order valence-corrected chi connectivity index (χ3v) is 2.72. The van der Waals surface area contributed by atoms with Crippen LogP contribution in [-0.2, 0) is 6.54 Å². The fourth-order valence-electron chi connectivity index (χ4n) is 1.82. The van der Waals surface area contributed by atoms with Crippen LogP contribution in [0.15, 0.2) is 41.0 Å². The molecule has 0 radical (unpaired) electrons. The summed E-state index contributed by atoms with van der Waals surface area (Å²) in [6, 6.07) is 9.91. The first-order chi connectivity index (χ1) is 8.83. The van der Waals surface area contributed by atoms with Crippen molar-refractivity contribution in [2.45, 2.75) is 20.4 Å². The molecular weight excluding hydrogens is 226 g/mol. The molecule has 2 aromatic rings. The van der Waals surface area contributed by atoms with Crippen LogP contribution in [0.5, 0.6) is 0 Å². The van der Waals surface area contributed by atoms with Crippen LogP contribution >= 0.6 is 0 Å². The van der Waals surface area contributed by atoms with Gasteiger partial charge in [0.05, 0.1) is 12.8 Å². The summed E-state index contributed by atoms with van der Waals surface area (Å²) in [5.74, 6) is 2.83. The smallest absolute Gasteiger partial charge is 0.131 e. The van der Waals surface area contributed by atoms with Gasteiger partial charge >= 0.3 is 0 Å². The molecule has 0 bridgehead atoms. The molecule has 0 amide bonds. The molecule has 0 aliphatic rings. The second-order valence-corrected chi connectivity index (χ2v) is 4.00. The van der Waals surface area contributed by atoms with Gasteiger partial charge in [0.1, 0.15) is 17.4 Å². The summed E-state index contributed by atoms with van der Waals surface area (Å²) in [6.07, 6.45) is 1.70.